The van der Waals surface area contributed by atoms with E-state index in [0.29, 0.717) is 22.9 Å². The van der Waals surface area contributed by atoms with Crippen molar-refractivity contribution in [1.82, 2.24) is 25.1 Å². The first-order valence-electron chi connectivity index (χ1n) is 13.1. The molecule has 3 heterocycles. The first-order valence-corrected chi connectivity index (χ1v) is 13.5. The predicted molar refractivity (Wildman–Crippen MR) is 149 cm³/mol. The lowest BCUT2D eigenvalue weighted by molar-refractivity contribution is 0.0993. The molecule has 8 nitrogen and oxygen atoms in total. The highest BCUT2D eigenvalue weighted by Gasteiger charge is 2.25. The molecule has 2 aromatic carbocycles. The number of benzene rings is 2. The van der Waals surface area contributed by atoms with Gasteiger partial charge in [-0.25, -0.2) is 4.98 Å². The smallest absolute Gasteiger partial charge is 0.227 e. The standard InChI is InChI=1S/C29H30ClN7O/c30-24-4-2-1-3-23(24)26(38)17-20-5-7-21(8-6-20)19-36-13-15-37(16-14-36)29-31-12-11-27(33-29)32-28-18-25(34-35-28)22-9-10-22/h1-8,11-12,18,22H,9-10,13-17,19H2,(H2,31,32,33,34,35). The van der Waals surface area contributed by atoms with Gasteiger partial charge in [0.15, 0.2) is 11.6 Å². The fraction of sp³-hybridized carbons (Fsp3) is 0.310. The zero-order valence-corrected chi connectivity index (χ0v) is 21.9. The molecule has 2 aliphatic rings. The molecular formula is C29H30ClN7O. The minimum absolute atomic E-state index is 0.0355. The fourth-order valence-electron chi connectivity index (χ4n) is 4.80. The van der Waals surface area contributed by atoms with Gasteiger partial charge in [0, 0.05) is 68.6 Å². The normalized spacial score (nSPS) is 16.0. The third-order valence-electron chi connectivity index (χ3n) is 7.14. The van der Waals surface area contributed by atoms with E-state index in [1.165, 1.54) is 24.1 Å². The summed E-state index contributed by atoms with van der Waals surface area (Å²) in [6.45, 7) is 4.46. The van der Waals surface area contributed by atoms with Crippen molar-refractivity contribution >= 4 is 35.0 Å². The van der Waals surface area contributed by atoms with Gasteiger partial charge in [-0.15, -0.1) is 0 Å². The summed E-state index contributed by atoms with van der Waals surface area (Å²) in [6.07, 6.45) is 4.62. The van der Waals surface area contributed by atoms with Crippen molar-refractivity contribution in [2.24, 2.45) is 0 Å². The second-order valence-electron chi connectivity index (χ2n) is 10.0. The number of anilines is 3. The van der Waals surface area contributed by atoms with Crippen LogP contribution >= 0.6 is 11.6 Å². The van der Waals surface area contributed by atoms with Crippen LogP contribution in [-0.2, 0) is 13.0 Å². The Morgan fingerprint density at radius 3 is 2.50 bits per heavy atom. The van der Waals surface area contributed by atoms with E-state index in [4.69, 9.17) is 16.6 Å². The lowest BCUT2D eigenvalue weighted by Crippen LogP contribution is -2.46. The van der Waals surface area contributed by atoms with Crippen molar-refractivity contribution in [3.63, 3.8) is 0 Å². The predicted octanol–water partition coefficient (Wildman–Crippen LogP) is 5.22. The molecule has 6 rings (SSSR count). The molecule has 1 aliphatic heterocycles. The Bertz CT molecular complexity index is 1410. The highest BCUT2D eigenvalue weighted by molar-refractivity contribution is 6.34. The molecule has 0 radical (unpaired) electrons. The molecule has 0 unspecified atom stereocenters. The second-order valence-corrected chi connectivity index (χ2v) is 10.4. The number of rotatable bonds is 9. The minimum atomic E-state index is 0.0355. The van der Waals surface area contributed by atoms with E-state index in [0.717, 1.165) is 55.9 Å². The van der Waals surface area contributed by atoms with Crippen molar-refractivity contribution in [3.05, 3.63) is 94.3 Å². The van der Waals surface area contributed by atoms with Gasteiger partial charge in [0.2, 0.25) is 5.95 Å². The third kappa shape index (κ3) is 5.87. The van der Waals surface area contributed by atoms with Gasteiger partial charge in [0.1, 0.15) is 5.82 Å². The van der Waals surface area contributed by atoms with Gasteiger partial charge in [0.05, 0.1) is 5.02 Å². The zero-order valence-electron chi connectivity index (χ0n) is 21.1. The Morgan fingerprint density at radius 2 is 1.74 bits per heavy atom. The number of H-pyrrole nitrogens is 1. The van der Waals surface area contributed by atoms with Gasteiger partial charge in [-0.2, -0.15) is 10.1 Å². The Balaban J connectivity index is 0.999. The summed E-state index contributed by atoms with van der Waals surface area (Å²) < 4.78 is 0. The molecule has 0 amide bonds. The molecule has 2 aromatic heterocycles. The number of Topliss-reactive ketones (excluding diaryl/α,β-unsaturated/α-hetero) is 1. The molecule has 0 bridgehead atoms. The van der Waals surface area contributed by atoms with Gasteiger partial charge in [-0.3, -0.25) is 14.8 Å². The number of hydrogen-bond acceptors (Lipinski definition) is 7. The minimum Gasteiger partial charge on any atom is -0.338 e. The molecule has 1 saturated carbocycles. The maximum Gasteiger partial charge on any atom is 0.227 e. The quantitative estimate of drug-likeness (QED) is 0.288. The van der Waals surface area contributed by atoms with Gasteiger partial charge in [0.25, 0.3) is 0 Å². The van der Waals surface area contributed by atoms with Crippen LogP contribution in [0.1, 0.15) is 45.9 Å². The molecule has 1 aliphatic carbocycles. The lowest BCUT2D eigenvalue weighted by atomic mass is 10.0. The zero-order chi connectivity index (χ0) is 25.9. The van der Waals surface area contributed by atoms with Crippen LogP contribution in [0.4, 0.5) is 17.6 Å². The number of hydrogen-bond donors (Lipinski definition) is 2. The number of carbonyl (C=O) groups is 1. The van der Waals surface area contributed by atoms with Gasteiger partial charge >= 0.3 is 0 Å². The van der Waals surface area contributed by atoms with Crippen LogP contribution < -0.4 is 10.2 Å². The lowest BCUT2D eigenvalue weighted by Gasteiger charge is -2.34. The largest absolute Gasteiger partial charge is 0.338 e. The summed E-state index contributed by atoms with van der Waals surface area (Å²) in [4.78, 5) is 26.5. The van der Waals surface area contributed by atoms with Crippen LogP contribution in [0.3, 0.4) is 0 Å². The van der Waals surface area contributed by atoms with Crippen LogP contribution in [0.25, 0.3) is 0 Å². The van der Waals surface area contributed by atoms with Gasteiger partial charge < -0.3 is 10.2 Å². The number of aromatic amines is 1. The van der Waals surface area contributed by atoms with E-state index < -0.39 is 0 Å². The number of piperazine rings is 1. The maximum atomic E-state index is 12.6. The van der Waals surface area contributed by atoms with Crippen molar-refractivity contribution in [1.29, 1.82) is 0 Å². The van der Waals surface area contributed by atoms with E-state index in [-0.39, 0.29) is 5.78 Å². The molecular weight excluding hydrogens is 498 g/mol. The van der Waals surface area contributed by atoms with E-state index >= 15 is 0 Å². The second kappa shape index (κ2) is 10.9. The Labute approximate surface area is 227 Å². The number of nitrogens with zero attached hydrogens (tertiary/aromatic N) is 5. The first kappa shape index (κ1) is 24.6. The van der Waals surface area contributed by atoms with Gasteiger partial charge in [-0.05, 0) is 42.2 Å². The SMILES string of the molecule is O=C(Cc1ccc(CN2CCN(c3nccc(Nc4cc(C5CC5)[nH]n4)n3)CC2)cc1)c1ccccc1Cl. The van der Waals surface area contributed by atoms with Crippen molar-refractivity contribution in [2.75, 3.05) is 36.4 Å². The van der Waals surface area contributed by atoms with Crippen molar-refractivity contribution in [3.8, 4) is 0 Å². The molecule has 2 fully saturated rings. The Morgan fingerprint density at radius 1 is 0.974 bits per heavy atom. The number of aromatic nitrogens is 4. The van der Waals surface area contributed by atoms with E-state index in [1.54, 1.807) is 18.3 Å². The molecule has 194 valence electrons. The van der Waals surface area contributed by atoms with Gasteiger partial charge in [-0.1, -0.05) is 48.0 Å². The molecule has 1 saturated heterocycles. The van der Waals surface area contributed by atoms with Crippen LogP contribution in [0.15, 0.2) is 66.9 Å². The number of halogens is 1. The summed E-state index contributed by atoms with van der Waals surface area (Å²) in [6, 6.07) is 19.5. The highest BCUT2D eigenvalue weighted by Crippen LogP contribution is 2.39. The van der Waals surface area contributed by atoms with Crippen LogP contribution in [0.2, 0.25) is 5.02 Å². The molecule has 4 aromatic rings. The van der Waals surface area contributed by atoms with Crippen molar-refractivity contribution < 1.29 is 4.79 Å². The van der Waals surface area contributed by atoms with Crippen LogP contribution in [-0.4, -0.2) is 57.0 Å². The maximum absolute atomic E-state index is 12.6. The first-order chi connectivity index (χ1) is 18.6. The summed E-state index contributed by atoms with van der Waals surface area (Å²) in [5.74, 6) is 2.95. The average molecular weight is 528 g/mol. The number of ketones is 1. The molecule has 0 atom stereocenters. The fourth-order valence-corrected chi connectivity index (χ4v) is 5.04. The molecule has 2 N–H and O–H groups in total. The number of carbonyl (C=O) groups excluding carboxylic acids is 1. The number of nitrogens with one attached hydrogen (secondary N) is 2. The van der Waals surface area contributed by atoms with Crippen LogP contribution in [0, 0.1) is 0 Å². The molecule has 38 heavy (non-hydrogen) atoms. The van der Waals surface area contributed by atoms with E-state index in [1.807, 2.05) is 30.3 Å². The monoisotopic (exact) mass is 527 g/mol. The summed E-state index contributed by atoms with van der Waals surface area (Å²) >= 11 is 6.18. The third-order valence-corrected chi connectivity index (χ3v) is 7.47. The Kier molecular flexibility index (Phi) is 7.07. The topological polar surface area (TPSA) is 90.0 Å². The van der Waals surface area contributed by atoms with Crippen LogP contribution in [0.5, 0.6) is 0 Å². The molecule has 0 spiro atoms. The summed E-state index contributed by atoms with van der Waals surface area (Å²) in [7, 11) is 0. The van der Waals surface area contributed by atoms with Crippen molar-refractivity contribution in [2.45, 2.75) is 31.7 Å². The average Bonchev–Trinajstić information content (AvgIpc) is 3.69. The van der Waals surface area contributed by atoms with E-state index in [9.17, 15) is 4.79 Å². The summed E-state index contributed by atoms with van der Waals surface area (Å²) in [5, 5.41) is 11.3. The van der Waals surface area contributed by atoms with E-state index in [2.05, 4.69) is 48.5 Å². The Hall–Kier alpha value is -3.75. The highest BCUT2D eigenvalue weighted by atomic mass is 35.5. The molecule has 9 heteroatoms. The summed E-state index contributed by atoms with van der Waals surface area (Å²) in [5.41, 5.74) is 4.00.